The van der Waals surface area contributed by atoms with Crippen molar-refractivity contribution in [2.75, 3.05) is 0 Å². The number of halogens is 1. The number of rotatable bonds is 2. The Balaban J connectivity index is 2.53. The Labute approximate surface area is 106 Å². The van der Waals surface area contributed by atoms with Crippen LogP contribution in [0.4, 0.5) is 9.18 Å². The molecule has 1 aromatic carbocycles. The molecule has 0 heterocycles. The van der Waals surface area contributed by atoms with Gasteiger partial charge >= 0.3 is 6.09 Å². The molecule has 0 aromatic heterocycles. The fraction of sp³-hybridized carbons (Fsp3) is 0.417. The van der Waals surface area contributed by atoms with Gasteiger partial charge in [-0.1, -0.05) is 6.07 Å². The topological polar surface area (TPSA) is 38.3 Å². The van der Waals surface area contributed by atoms with Gasteiger partial charge in [0.1, 0.15) is 11.4 Å². The highest BCUT2D eigenvalue weighted by Gasteiger charge is 2.15. The van der Waals surface area contributed by atoms with E-state index < -0.39 is 11.7 Å². The number of benzene rings is 1. The van der Waals surface area contributed by atoms with Crippen molar-refractivity contribution in [1.82, 2.24) is 5.32 Å². The highest BCUT2D eigenvalue weighted by atomic mass is 32.1. The van der Waals surface area contributed by atoms with E-state index in [0.29, 0.717) is 4.90 Å². The fourth-order valence-electron chi connectivity index (χ4n) is 1.17. The molecule has 0 unspecified atom stereocenters. The Bertz CT molecular complexity index is 415. The lowest BCUT2D eigenvalue weighted by Gasteiger charge is -2.19. The van der Waals surface area contributed by atoms with Crippen LogP contribution in [0.25, 0.3) is 0 Å². The summed E-state index contributed by atoms with van der Waals surface area (Å²) in [5, 5.41) is 2.58. The molecule has 3 nitrogen and oxygen atoms in total. The van der Waals surface area contributed by atoms with E-state index in [2.05, 4.69) is 17.9 Å². The Morgan fingerprint density at radius 3 is 2.65 bits per heavy atom. The fourth-order valence-corrected chi connectivity index (χ4v) is 1.44. The van der Waals surface area contributed by atoms with E-state index >= 15 is 0 Å². The van der Waals surface area contributed by atoms with Crippen molar-refractivity contribution in [3.63, 3.8) is 0 Å². The van der Waals surface area contributed by atoms with Gasteiger partial charge in [0, 0.05) is 11.4 Å². The van der Waals surface area contributed by atoms with E-state index in [9.17, 15) is 9.18 Å². The molecule has 1 rings (SSSR count). The van der Waals surface area contributed by atoms with Crippen LogP contribution in [0.3, 0.4) is 0 Å². The van der Waals surface area contributed by atoms with Crippen molar-refractivity contribution >= 4 is 18.7 Å². The summed E-state index contributed by atoms with van der Waals surface area (Å²) in [7, 11) is 0. The first-order chi connectivity index (χ1) is 7.78. The number of ether oxygens (including phenoxy) is 1. The van der Waals surface area contributed by atoms with E-state index in [1.807, 2.05) is 0 Å². The number of alkyl carbamates (subject to hydrolysis) is 1. The molecule has 94 valence electrons. The van der Waals surface area contributed by atoms with E-state index in [1.165, 1.54) is 12.1 Å². The van der Waals surface area contributed by atoms with Gasteiger partial charge in [-0.25, -0.2) is 9.18 Å². The largest absolute Gasteiger partial charge is 0.444 e. The summed E-state index contributed by atoms with van der Waals surface area (Å²) in [4.78, 5) is 11.9. The third-order valence-electron chi connectivity index (χ3n) is 1.87. The predicted octanol–water partition coefficient (Wildman–Crippen LogP) is 3.14. The van der Waals surface area contributed by atoms with Gasteiger partial charge in [-0.2, -0.15) is 0 Å². The van der Waals surface area contributed by atoms with E-state index in [0.717, 1.165) is 5.56 Å². The predicted molar refractivity (Wildman–Crippen MR) is 66.7 cm³/mol. The quantitative estimate of drug-likeness (QED) is 0.799. The van der Waals surface area contributed by atoms with Crippen LogP contribution in [0.2, 0.25) is 0 Å². The molecule has 0 saturated carbocycles. The third-order valence-corrected chi connectivity index (χ3v) is 2.29. The first-order valence-corrected chi connectivity index (χ1v) is 5.67. The van der Waals surface area contributed by atoms with Crippen LogP contribution in [0, 0.1) is 5.82 Å². The molecule has 0 aliphatic heterocycles. The Morgan fingerprint density at radius 1 is 1.47 bits per heavy atom. The summed E-state index contributed by atoms with van der Waals surface area (Å²) in [6.45, 7) is 5.62. The maximum atomic E-state index is 12.8. The summed E-state index contributed by atoms with van der Waals surface area (Å²) in [5.41, 5.74) is 0.206. The van der Waals surface area contributed by atoms with Crippen molar-refractivity contribution in [2.45, 2.75) is 37.8 Å². The zero-order chi connectivity index (χ0) is 13.1. The van der Waals surface area contributed by atoms with Crippen LogP contribution < -0.4 is 5.32 Å². The molecule has 0 aliphatic rings. The van der Waals surface area contributed by atoms with Gasteiger partial charge < -0.3 is 10.1 Å². The maximum absolute atomic E-state index is 12.8. The summed E-state index contributed by atoms with van der Waals surface area (Å²) in [6.07, 6.45) is -0.505. The summed E-state index contributed by atoms with van der Waals surface area (Å²) < 4.78 is 17.9. The van der Waals surface area contributed by atoms with Gasteiger partial charge in [0.05, 0.1) is 0 Å². The lowest BCUT2D eigenvalue weighted by molar-refractivity contribution is 0.0523. The molecule has 0 bridgehead atoms. The second kappa shape index (κ2) is 5.40. The highest BCUT2D eigenvalue weighted by Crippen LogP contribution is 2.15. The van der Waals surface area contributed by atoms with Gasteiger partial charge in [0.2, 0.25) is 0 Å². The molecule has 1 aromatic rings. The van der Waals surface area contributed by atoms with Crippen LogP contribution in [0.5, 0.6) is 0 Å². The first-order valence-electron chi connectivity index (χ1n) is 5.22. The van der Waals surface area contributed by atoms with Gasteiger partial charge in [-0.05, 0) is 38.5 Å². The van der Waals surface area contributed by atoms with E-state index in [1.54, 1.807) is 26.8 Å². The average molecular weight is 257 g/mol. The monoisotopic (exact) mass is 257 g/mol. The van der Waals surface area contributed by atoms with Crippen LogP contribution in [0.15, 0.2) is 23.1 Å². The molecule has 0 fully saturated rings. The maximum Gasteiger partial charge on any atom is 0.407 e. The minimum atomic E-state index is -0.531. The standard InChI is InChI=1S/C12H16FNO2S/c1-12(2,3)16-11(15)14-7-8-4-5-9(13)6-10(8)17/h4-6,17H,7H2,1-3H3,(H,14,15). The number of carbonyl (C=O) groups is 1. The Morgan fingerprint density at radius 2 is 2.12 bits per heavy atom. The molecule has 0 aliphatic carbocycles. The zero-order valence-electron chi connectivity index (χ0n) is 10.1. The molecule has 0 radical (unpaired) electrons. The molecule has 5 heteroatoms. The van der Waals surface area contributed by atoms with Gasteiger partial charge in [-0.15, -0.1) is 12.6 Å². The van der Waals surface area contributed by atoms with Crippen molar-refractivity contribution in [3.05, 3.63) is 29.6 Å². The molecule has 0 atom stereocenters. The summed E-state index contributed by atoms with van der Waals surface area (Å²) >= 11 is 4.12. The van der Waals surface area contributed by atoms with Crippen molar-refractivity contribution in [3.8, 4) is 0 Å². The van der Waals surface area contributed by atoms with E-state index in [-0.39, 0.29) is 12.4 Å². The molecule has 1 N–H and O–H groups in total. The van der Waals surface area contributed by atoms with Crippen molar-refractivity contribution in [2.24, 2.45) is 0 Å². The molecule has 1 amide bonds. The van der Waals surface area contributed by atoms with Crippen molar-refractivity contribution < 1.29 is 13.9 Å². The average Bonchev–Trinajstić information content (AvgIpc) is 2.13. The summed E-state index contributed by atoms with van der Waals surface area (Å²) in [5.74, 6) is -0.351. The minimum Gasteiger partial charge on any atom is -0.444 e. The number of thiol groups is 1. The highest BCUT2D eigenvalue weighted by molar-refractivity contribution is 7.80. The smallest absolute Gasteiger partial charge is 0.407 e. The first kappa shape index (κ1) is 13.8. The molecule has 0 saturated heterocycles. The number of nitrogens with one attached hydrogen (secondary N) is 1. The normalized spacial score (nSPS) is 11.1. The molecular formula is C12H16FNO2S. The molecule has 17 heavy (non-hydrogen) atoms. The van der Waals surface area contributed by atoms with Gasteiger partial charge in [0.15, 0.2) is 0 Å². The van der Waals surface area contributed by atoms with Crippen LogP contribution in [-0.4, -0.2) is 11.7 Å². The van der Waals surface area contributed by atoms with Crippen LogP contribution >= 0.6 is 12.6 Å². The van der Waals surface area contributed by atoms with Gasteiger partial charge in [0.25, 0.3) is 0 Å². The van der Waals surface area contributed by atoms with Crippen molar-refractivity contribution in [1.29, 1.82) is 0 Å². The number of amides is 1. The van der Waals surface area contributed by atoms with Crippen LogP contribution in [0.1, 0.15) is 26.3 Å². The lowest BCUT2D eigenvalue weighted by atomic mass is 10.2. The Kier molecular flexibility index (Phi) is 4.40. The number of hydrogen-bond donors (Lipinski definition) is 2. The number of carbonyl (C=O) groups excluding carboxylic acids is 1. The second-order valence-electron chi connectivity index (χ2n) is 4.63. The lowest BCUT2D eigenvalue weighted by Crippen LogP contribution is -2.32. The third kappa shape index (κ3) is 5.08. The summed E-state index contributed by atoms with van der Waals surface area (Å²) in [6, 6.07) is 4.20. The van der Waals surface area contributed by atoms with Gasteiger partial charge in [-0.3, -0.25) is 0 Å². The van der Waals surface area contributed by atoms with Crippen LogP contribution in [-0.2, 0) is 11.3 Å². The SMILES string of the molecule is CC(C)(C)OC(=O)NCc1ccc(F)cc1S. The second-order valence-corrected chi connectivity index (χ2v) is 5.11. The molecule has 0 spiro atoms. The molecular weight excluding hydrogens is 241 g/mol. The minimum absolute atomic E-state index is 0.258. The number of hydrogen-bond acceptors (Lipinski definition) is 3. The zero-order valence-corrected chi connectivity index (χ0v) is 11.0. The Hall–Kier alpha value is -1.23. The van der Waals surface area contributed by atoms with E-state index in [4.69, 9.17) is 4.74 Å².